The van der Waals surface area contributed by atoms with Gasteiger partial charge in [0.05, 0.1) is 11.9 Å². The zero-order chi connectivity index (χ0) is 8.55. The summed E-state index contributed by atoms with van der Waals surface area (Å²) in [5.74, 6) is 0. The Balaban J connectivity index is 2.48. The second kappa shape index (κ2) is 2.48. The number of aryl methyl sites for hydroxylation is 2. The maximum absolute atomic E-state index is 4.31. The number of hydrogen-bond acceptors (Lipinski definition) is 2. The molecule has 62 valence electrons. The molecule has 0 saturated heterocycles. The van der Waals surface area contributed by atoms with E-state index >= 15 is 0 Å². The molecule has 4 heteroatoms. The fraction of sp³-hybridized carbons (Fsp3) is 0.250. The molecular weight excluding hydrogens is 152 g/mol. The first-order valence-electron chi connectivity index (χ1n) is 3.79. The Bertz CT molecular complexity index is 352. The number of rotatable bonds is 1. The molecular formula is C8H10N4. The first-order valence-corrected chi connectivity index (χ1v) is 3.79. The van der Waals surface area contributed by atoms with E-state index in [0.29, 0.717) is 0 Å². The highest BCUT2D eigenvalue weighted by Gasteiger charge is 2.01. The van der Waals surface area contributed by atoms with E-state index in [0.717, 1.165) is 11.4 Å². The van der Waals surface area contributed by atoms with E-state index in [2.05, 4.69) is 15.3 Å². The van der Waals surface area contributed by atoms with E-state index in [1.807, 2.05) is 30.9 Å². The molecule has 2 aromatic heterocycles. The van der Waals surface area contributed by atoms with Crippen molar-refractivity contribution in [1.29, 1.82) is 0 Å². The molecule has 0 aromatic carbocycles. The van der Waals surface area contributed by atoms with Crippen molar-refractivity contribution in [2.45, 2.75) is 13.8 Å². The van der Waals surface area contributed by atoms with Crippen LogP contribution in [0.5, 0.6) is 0 Å². The minimum absolute atomic E-state index is 0.964. The minimum atomic E-state index is 0.964. The lowest BCUT2D eigenvalue weighted by Crippen LogP contribution is -1.91. The Kier molecular flexibility index (Phi) is 1.46. The molecule has 0 amide bonds. The molecule has 2 aromatic rings. The van der Waals surface area contributed by atoms with Crippen molar-refractivity contribution in [3.63, 3.8) is 0 Å². The van der Waals surface area contributed by atoms with E-state index in [1.165, 1.54) is 5.56 Å². The van der Waals surface area contributed by atoms with Crippen LogP contribution in [0.25, 0.3) is 5.69 Å². The van der Waals surface area contributed by atoms with Crippen molar-refractivity contribution in [2.75, 3.05) is 0 Å². The number of hydrogen-bond donors (Lipinski definition) is 1. The van der Waals surface area contributed by atoms with Gasteiger partial charge in [-0.25, -0.2) is 4.68 Å². The molecule has 0 aliphatic carbocycles. The maximum atomic E-state index is 4.31. The van der Waals surface area contributed by atoms with Crippen LogP contribution in [0.3, 0.4) is 0 Å². The molecule has 0 radical (unpaired) electrons. The molecule has 0 saturated carbocycles. The molecule has 12 heavy (non-hydrogen) atoms. The first-order chi connectivity index (χ1) is 5.77. The Hall–Kier alpha value is -1.58. The zero-order valence-corrected chi connectivity index (χ0v) is 7.07. The van der Waals surface area contributed by atoms with Crippen molar-refractivity contribution >= 4 is 0 Å². The van der Waals surface area contributed by atoms with Gasteiger partial charge in [-0.05, 0) is 19.4 Å². The quantitative estimate of drug-likeness (QED) is 0.685. The molecule has 0 bridgehead atoms. The normalized spacial score (nSPS) is 10.5. The van der Waals surface area contributed by atoms with Crippen molar-refractivity contribution in [1.82, 2.24) is 20.0 Å². The summed E-state index contributed by atoms with van der Waals surface area (Å²) in [4.78, 5) is 0. The van der Waals surface area contributed by atoms with Gasteiger partial charge in [-0.1, -0.05) is 0 Å². The van der Waals surface area contributed by atoms with Crippen LogP contribution in [-0.2, 0) is 0 Å². The van der Waals surface area contributed by atoms with Crippen molar-refractivity contribution < 1.29 is 0 Å². The van der Waals surface area contributed by atoms with Gasteiger partial charge < -0.3 is 0 Å². The fourth-order valence-corrected chi connectivity index (χ4v) is 1.05. The summed E-state index contributed by atoms with van der Waals surface area (Å²) in [5.41, 5.74) is 3.21. The third-order valence-corrected chi connectivity index (χ3v) is 1.89. The molecule has 0 unspecified atom stereocenters. The second-order valence-corrected chi connectivity index (χ2v) is 2.80. The number of aromatic amines is 1. The molecule has 1 N–H and O–H groups in total. The monoisotopic (exact) mass is 162 g/mol. The van der Waals surface area contributed by atoms with Gasteiger partial charge in [0.1, 0.15) is 5.69 Å². The molecule has 0 aliphatic rings. The van der Waals surface area contributed by atoms with Gasteiger partial charge in [-0.3, -0.25) is 5.10 Å². The van der Waals surface area contributed by atoms with E-state index in [9.17, 15) is 0 Å². The van der Waals surface area contributed by atoms with E-state index in [4.69, 9.17) is 0 Å². The van der Waals surface area contributed by atoms with Crippen LogP contribution < -0.4 is 0 Å². The number of nitrogens with one attached hydrogen (secondary N) is 1. The predicted octanol–water partition coefficient (Wildman–Crippen LogP) is 1.21. The SMILES string of the molecule is Cc1cn(-c2cn[nH]c2)nc1C. The number of H-pyrrole nitrogens is 1. The number of aromatic nitrogens is 4. The molecule has 0 spiro atoms. The Morgan fingerprint density at radius 2 is 2.25 bits per heavy atom. The van der Waals surface area contributed by atoms with Gasteiger partial charge in [-0.15, -0.1) is 0 Å². The van der Waals surface area contributed by atoms with Gasteiger partial charge in [-0.2, -0.15) is 10.2 Å². The second-order valence-electron chi connectivity index (χ2n) is 2.80. The van der Waals surface area contributed by atoms with Gasteiger partial charge in [0.25, 0.3) is 0 Å². The highest BCUT2D eigenvalue weighted by atomic mass is 15.3. The highest BCUT2D eigenvalue weighted by Crippen LogP contribution is 2.08. The number of nitrogens with zero attached hydrogens (tertiary/aromatic N) is 3. The average molecular weight is 162 g/mol. The molecule has 2 rings (SSSR count). The fourth-order valence-electron chi connectivity index (χ4n) is 1.05. The summed E-state index contributed by atoms with van der Waals surface area (Å²) in [6, 6.07) is 0. The Morgan fingerprint density at radius 1 is 1.42 bits per heavy atom. The summed E-state index contributed by atoms with van der Waals surface area (Å²) < 4.78 is 1.81. The van der Waals surface area contributed by atoms with Crippen molar-refractivity contribution in [3.05, 3.63) is 29.8 Å². The summed E-state index contributed by atoms with van der Waals surface area (Å²) in [6.07, 6.45) is 5.54. The van der Waals surface area contributed by atoms with Gasteiger partial charge in [0.15, 0.2) is 0 Å². The largest absolute Gasteiger partial charge is 0.283 e. The third kappa shape index (κ3) is 1.01. The average Bonchev–Trinajstić information content (AvgIpc) is 2.61. The van der Waals surface area contributed by atoms with Crippen molar-refractivity contribution in [3.8, 4) is 5.69 Å². The zero-order valence-electron chi connectivity index (χ0n) is 7.07. The maximum Gasteiger partial charge on any atom is 0.102 e. The van der Waals surface area contributed by atoms with Gasteiger partial charge in [0.2, 0.25) is 0 Å². The predicted molar refractivity (Wildman–Crippen MR) is 45.2 cm³/mol. The van der Waals surface area contributed by atoms with Crippen molar-refractivity contribution in [2.24, 2.45) is 0 Å². The van der Waals surface area contributed by atoms with Gasteiger partial charge >= 0.3 is 0 Å². The van der Waals surface area contributed by atoms with Crippen LogP contribution in [0.1, 0.15) is 11.3 Å². The first kappa shape index (κ1) is 7.09. The molecule has 4 nitrogen and oxygen atoms in total. The molecule has 0 aliphatic heterocycles. The van der Waals surface area contributed by atoms with Crippen LogP contribution in [0.15, 0.2) is 18.6 Å². The third-order valence-electron chi connectivity index (χ3n) is 1.89. The molecule has 2 heterocycles. The van der Waals surface area contributed by atoms with E-state index < -0.39 is 0 Å². The Morgan fingerprint density at radius 3 is 2.75 bits per heavy atom. The van der Waals surface area contributed by atoms with Crippen LogP contribution in [0.4, 0.5) is 0 Å². The summed E-state index contributed by atoms with van der Waals surface area (Å²) in [6.45, 7) is 4.03. The lowest BCUT2D eigenvalue weighted by atomic mass is 10.3. The molecule has 0 atom stereocenters. The lowest BCUT2D eigenvalue weighted by Gasteiger charge is -1.91. The molecule has 0 fully saturated rings. The van der Waals surface area contributed by atoms with Gasteiger partial charge in [0, 0.05) is 12.4 Å². The smallest absolute Gasteiger partial charge is 0.102 e. The minimum Gasteiger partial charge on any atom is -0.283 e. The lowest BCUT2D eigenvalue weighted by molar-refractivity contribution is 0.863. The summed E-state index contributed by atoms with van der Waals surface area (Å²) >= 11 is 0. The van der Waals surface area contributed by atoms with Crippen LogP contribution >= 0.6 is 0 Å². The summed E-state index contributed by atoms with van der Waals surface area (Å²) in [5, 5.41) is 10.9. The van der Waals surface area contributed by atoms with E-state index in [-0.39, 0.29) is 0 Å². The summed E-state index contributed by atoms with van der Waals surface area (Å²) in [7, 11) is 0. The highest BCUT2D eigenvalue weighted by molar-refractivity contribution is 5.26. The van der Waals surface area contributed by atoms with Crippen LogP contribution in [-0.4, -0.2) is 20.0 Å². The standard InChI is InChI=1S/C8H10N4/c1-6-5-12(11-7(6)2)8-3-9-10-4-8/h3-5H,1-2H3,(H,9,10). The van der Waals surface area contributed by atoms with Crippen LogP contribution in [0.2, 0.25) is 0 Å². The van der Waals surface area contributed by atoms with E-state index in [1.54, 1.807) is 6.20 Å². The Labute approximate surface area is 70.2 Å². The topological polar surface area (TPSA) is 46.5 Å². The van der Waals surface area contributed by atoms with Crippen LogP contribution in [0, 0.1) is 13.8 Å².